The van der Waals surface area contributed by atoms with Crippen molar-refractivity contribution in [2.75, 3.05) is 25.5 Å². The third-order valence-corrected chi connectivity index (χ3v) is 2.44. The van der Waals surface area contributed by atoms with Gasteiger partial charge in [-0.2, -0.15) is 0 Å². The van der Waals surface area contributed by atoms with Crippen LogP contribution in [0.5, 0.6) is 0 Å². The van der Waals surface area contributed by atoms with Gasteiger partial charge in [-0.15, -0.1) is 12.3 Å². The summed E-state index contributed by atoms with van der Waals surface area (Å²) in [6.45, 7) is 1.79. The Kier molecular flexibility index (Phi) is 4.87. The van der Waals surface area contributed by atoms with Gasteiger partial charge in [-0.25, -0.2) is 4.98 Å². The first-order valence-corrected chi connectivity index (χ1v) is 5.49. The van der Waals surface area contributed by atoms with Crippen LogP contribution in [0.25, 0.3) is 0 Å². The van der Waals surface area contributed by atoms with E-state index in [1.165, 1.54) is 5.69 Å². The molecule has 0 radical (unpaired) electrons. The van der Waals surface area contributed by atoms with Crippen molar-refractivity contribution in [2.45, 2.75) is 19.4 Å². The van der Waals surface area contributed by atoms with Crippen LogP contribution < -0.4 is 10.2 Å². The van der Waals surface area contributed by atoms with Crippen molar-refractivity contribution in [1.29, 1.82) is 0 Å². The molecular formula is C12H20N4. The van der Waals surface area contributed by atoms with E-state index in [-0.39, 0.29) is 0 Å². The van der Waals surface area contributed by atoms with E-state index in [4.69, 9.17) is 6.42 Å². The number of hydrogen-bond donors (Lipinski definition) is 1. The predicted molar refractivity (Wildman–Crippen MR) is 67.3 cm³/mol. The lowest BCUT2D eigenvalue weighted by Crippen LogP contribution is -2.18. The molecule has 0 aliphatic heterocycles. The maximum absolute atomic E-state index is 5.19. The first kappa shape index (κ1) is 12.6. The summed E-state index contributed by atoms with van der Waals surface area (Å²) >= 11 is 0. The lowest BCUT2D eigenvalue weighted by molar-refractivity contribution is 0.632. The van der Waals surface area contributed by atoms with Crippen LogP contribution in [0.2, 0.25) is 0 Å². The molecular weight excluding hydrogens is 200 g/mol. The zero-order valence-electron chi connectivity index (χ0n) is 10.3. The second-order valence-electron chi connectivity index (χ2n) is 3.99. The van der Waals surface area contributed by atoms with Crippen LogP contribution in [0.4, 0.5) is 5.95 Å². The van der Waals surface area contributed by atoms with Gasteiger partial charge in [-0.05, 0) is 13.0 Å². The average Bonchev–Trinajstić information content (AvgIpc) is 2.60. The molecule has 0 aromatic carbocycles. The molecule has 1 aromatic rings. The van der Waals surface area contributed by atoms with Crippen LogP contribution in [0.1, 0.15) is 18.5 Å². The van der Waals surface area contributed by atoms with Gasteiger partial charge in [0.05, 0.1) is 11.9 Å². The minimum absolute atomic E-state index is 0.835. The number of nitrogens with zero attached hydrogens (tertiary/aromatic N) is 3. The van der Waals surface area contributed by atoms with Gasteiger partial charge in [0.15, 0.2) is 0 Å². The van der Waals surface area contributed by atoms with E-state index in [0.717, 1.165) is 31.9 Å². The number of hydrogen-bond acceptors (Lipinski definition) is 3. The molecule has 0 spiro atoms. The van der Waals surface area contributed by atoms with Gasteiger partial charge < -0.3 is 14.8 Å². The summed E-state index contributed by atoms with van der Waals surface area (Å²) in [5, 5.41) is 3.35. The molecule has 1 heterocycles. The van der Waals surface area contributed by atoms with Crippen molar-refractivity contribution >= 4 is 5.95 Å². The number of imidazole rings is 1. The van der Waals surface area contributed by atoms with Crippen molar-refractivity contribution in [3.8, 4) is 12.3 Å². The average molecular weight is 220 g/mol. The summed E-state index contributed by atoms with van der Waals surface area (Å²) in [4.78, 5) is 6.35. The Balaban J connectivity index is 2.40. The molecule has 0 aliphatic rings. The second kappa shape index (κ2) is 6.19. The van der Waals surface area contributed by atoms with Crippen LogP contribution in [-0.4, -0.2) is 30.2 Å². The van der Waals surface area contributed by atoms with Crippen molar-refractivity contribution in [3.63, 3.8) is 0 Å². The topological polar surface area (TPSA) is 33.1 Å². The predicted octanol–water partition coefficient (Wildman–Crippen LogP) is 0.989. The molecule has 0 saturated heterocycles. The molecule has 16 heavy (non-hydrogen) atoms. The third-order valence-electron chi connectivity index (χ3n) is 2.44. The van der Waals surface area contributed by atoms with E-state index < -0.39 is 0 Å². The highest BCUT2D eigenvalue weighted by atomic mass is 15.3. The molecule has 0 unspecified atom stereocenters. The highest BCUT2D eigenvalue weighted by molar-refractivity contribution is 5.30. The number of terminal acetylenes is 1. The third kappa shape index (κ3) is 3.28. The van der Waals surface area contributed by atoms with Gasteiger partial charge in [0.25, 0.3) is 0 Å². The van der Waals surface area contributed by atoms with Crippen molar-refractivity contribution in [3.05, 3.63) is 11.9 Å². The van der Waals surface area contributed by atoms with E-state index in [2.05, 4.69) is 20.8 Å². The van der Waals surface area contributed by atoms with Crippen molar-refractivity contribution < 1.29 is 0 Å². The summed E-state index contributed by atoms with van der Waals surface area (Å²) in [7, 11) is 6.01. The molecule has 0 atom stereocenters. The standard InChI is InChI=1S/C12H20N4/c1-5-6-7-8-13-9-11-10-14-12(15(2)3)16(11)4/h1,10,13H,6-9H2,2-4H3. The highest BCUT2D eigenvalue weighted by Gasteiger charge is 2.06. The fourth-order valence-electron chi connectivity index (χ4n) is 1.55. The first-order chi connectivity index (χ1) is 7.66. The Morgan fingerprint density at radius 3 is 2.88 bits per heavy atom. The number of rotatable bonds is 6. The number of nitrogens with one attached hydrogen (secondary N) is 1. The van der Waals surface area contributed by atoms with Crippen molar-refractivity contribution in [2.24, 2.45) is 7.05 Å². The molecule has 0 fully saturated rings. The Bertz CT molecular complexity index is 360. The fraction of sp³-hybridized carbons (Fsp3) is 0.583. The van der Waals surface area contributed by atoms with Crippen molar-refractivity contribution in [1.82, 2.24) is 14.9 Å². The lowest BCUT2D eigenvalue weighted by atomic mass is 10.3. The Labute approximate surface area is 97.7 Å². The Morgan fingerprint density at radius 1 is 1.56 bits per heavy atom. The van der Waals surface area contributed by atoms with Gasteiger partial charge in [-0.3, -0.25) is 0 Å². The van der Waals surface area contributed by atoms with E-state index in [0.29, 0.717) is 0 Å². The monoisotopic (exact) mass is 220 g/mol. The van der Waals surface area contributed by atoms with Gasteiger partial charge in [0.1, 0.15) is 0 Å². The summed E-state index contributed by atoms with van der Waals surface area (Å²) in [6.07, 6.45) is 8.95. The molecule has 1 aromatic heterocycles. The maximum Gasteiger partial charge on any atom is 0.204 e. The Hall–Kier alpha value is -1.47. The quantitative estimate of drug-likeness (QED) is 0.573. The fourth-order valence-corrected chi connectivity index (χ4v) is 1.55. The maximum atomic E-state index is 5.19. The van der Waals surface area contributed by atoms with Gasteiger partial charge in [0, 0.05) is 34.1 Å². The number of unbranched alkanes of at least 4 members (excludes halogenated alkanes) is 1. The van der Waals surface area contributed by atoms with E-state index >= 15 is 0 Å². The summed E-state index contributed by atoms with van der Waals surface area (Å²) in [6, 6.07) is 0. The summed E-state index contributed by atoms with van der Waals surface area (Å²) in [5.74, 6) is 3.61. The molecule has 0 amide bonds. The zero-order chi connectivity index (χ0) is 12.0. The van der Waals surface area contributed by atoms with Gasteiger partial charge in [-0.1, -0.05) is 0 Å². The summed E-state index contributed by atoms with van der Waals surface area (Å²) < 4.78 is 2.09. The molecule has 0 aliphatic carbocycles. The molecule has 4 heteroatoms. The van der Waals surface area contributed by atoms with Crippen LogP contribution in [-0.2, 0) is 13.6 Å². The van der Waals surface area contributed by atoms with Crippen LogP contribution in [0.3, 0.4) is 0 Å². The lowest BCUT2D eigenvalue weighted by Gasteiger charge is -2.12. The van der Waals surface area contributed by atoms with E-state index in [9.17, 15) is 0 Å². The minimum atomic E-state index is 0.835. The molecule has 1 N–H and O–H groups in total. The Morgan fingerprint density at radius 2 is 2.31 bits per heavy atom. The van der Waals surface area contributed by atoms with Crippen LogP contribution in [0, 0.1) is 12.3 Å². The summed E-state index contributed by atoms with van der Waals surface area (Å²) in [5.41, 5.74) is 1.18. The molecule has 1 rings (SSSR count). The first-order valence-electron chi connectivity index (χ1n) is 5.49. The number of aromatic nitrogens is 2. The van der Waals surface area contributed by atoms with Crippen LogP contribution in [0.15, 0.2) is 6.20 Å². The number of anilines is 1. The zero-order valence-corrected chi connectivity index (χ0v) is 10.3. The van der Waals surface area contributed by atoms with Gasteiger partial charge >= 0.3 is 0 Å². The molecule has 0 saturated carbocycles. The van der Waals surface area contributed by atoms with E-state index in [1.807, 2.05) is 32.2 Å². The smallest absolute Gasteiger partial charge is 0.204 e. The molecule has 88 valence electrons. The SMILES string of the molecule is C#CCCCNCc1cnc(N(C)C)n1C. The highest BCUT2D eigenvalue weighted by Crippen LogP contribution is 2.10. The normalized spacial score (nSPS) is 10.1. The second-order valence-corrected chi connectivity index (χ2v) is 3.99. The molecule has 4 nitrogen and oxygen atoms in total. The molecule has 0 bridgehead atoms. The van der Waals surface area contributed by atoms with E-state index in [1.54, 1.807) is 0 Å². The largest absolute Gasteiger partial charge is 0.348 e. The van der Waals surface area contributed by atoms with Gasteiger partial charge in [0.2, 0.25) is 5.95 Å². The van der Waals surface area contributed by atoms with Crippen LogP contribution >= 0.6 is 0 Å². The minimum Gasteiger partial charge on any atom is -0.348 e.